The Morgan fingerprint density at radius 1 is 1.11 bits per heavy atom. The Morgan fingerprint density at radius 3 is 2.39 bits per heavy atom. The summed E-state index contributed by atoms with van der Waals surface area (Å²) in [6.07, 6.45) is 7.49. The van der Waals surface area contributed by atoms with Crippen LogP contribution in [0.3, 0.4) is 0 Å². The van der Waals surface area contributed by atoms with Crippen molar-refractivity contribution in [1.29, 1.82) is 0 Å². The zero-order chi connectivity index (χ0) is 19.3. The molecular formula is C20H26Cl2N4O2. The number of aromatic nitrogens is 2. The number of ether oxygens (including phenoxy) is 1. The number of amides is 1. The van der Waals surface area contributed by atoms with Crippen LogP contribution in [0.25, 0.3) is 0 Å². The van der Waals surface area contributed by atoms with Gasteiger partial charge < -0.3 is 10.1 Å². The van der Waals surface area contributed by atoms with Gasteiger partial charge in [-0.25, -0.2) is 9.97 Å². The Kier molecular flexibility index (Phi) is 5.24. The van der Waals surface area contributed by atoms with E-state index in [9.17, 15) is 4.79 Å². The predicted octanol–water partition coefficient (Wildman–Crippen LogP) is 2.93. The number of rotatable bonds is 4. The van der Waals surface area contributed by atoms with Gasteiger partial charge in [-0.1, -0.05) is 23.2 Å². The summed E-state index contributed by atoms with van der Waals surface area (Å²) in [7, 11) is 0. The van der Waals surface area contributed by atoms with Gasteiger partial charge in [-0.15, -0.1) is 0 Å². The molecule has 28 heavy (non-hydrogen) atoms. The Labute approximate surface area is 175 Å². The quantitative estimate of drug-likeness (QED) is 0.752. The number of nitrogens with zero attached hydrogens (tertiary/aromatic N) is 3. The van der Waals surface area contributed by atoms with Crippen LogP contribution in [0.15, 0.2) is 6.33 Å². The second kappa shape index (κ2) is 7.71. The Morgan fingerprint density at radius 2 is 1.75 bits per heavy atom. The van der Waals surface area contributed by atoms with Gasteiger partial charge in [0.1, 0.15) is 22.7 Å². The number of hydrogen-bond donors (Lipinski definition) is 1. The molecular weight excluding hydrogens is 399 g/mol. The highest BCUT2D eigenvalue weighted by Crippen LogP contribution is 2.53. The third-order valence-electron chi connectivity index (χ3n) is 7.20. The molecule has 1 aliphatic heterocycles. The fraction of sp³-hybridized carbons (Fsp3) is 0.750. The predicted molar refractivity (Wildman–Crippen MR) is 106 cm³/mol. The van der Waals surface area contributed by atoms with E-state index in [0.717, 1.165) is 18.4 Å². The summed E-state index contributed by atoms with van der Waals surface area (Å²) in [5, 5.41) is 4.10. The van der Waals surface area contributed by atoms with Crippen molar-refractivity contribution in [3.8, 4) is 0 Å². The lowest BCUT2D eigenvalue weighted by Gasteiger charge is -2.54. The van der Waals surface area contributed by atoms with E-state index < -0.39 is 6.10 Å². The molecule has 0 aromatic carbocycles. The minimum absolute atomic E-state index is 0.0312. The van der Waals surface area contributed by atoms with Crippen molar-refractivity contribution in [3.63, 3.8) is 0 Å². The molecule has 6 nitrogen and oxygen atoms in total. The highest BCUT2D eigenvalue weighted by molar-refractivity contribution is 6.34. The van der Waals surface area contributed by atoms with Crippen molar-refractivity contribution in [2.24, 2.45) is 23.7 Å². The van der Waals surface area contributed by atoms with Gasteiger partial charge in [0.05, 0.1) is 6.61 Å². The van der Waals surface area contributed by atoms with Gasteiger partial charge in [-0.3, -0.25) is 9.69 Å². The minimum atomic E-state index is -0.451. The molecule has 1 N–H and O–H groups in total. The summed E-state index contributed by atoms with van der Waals surface area (Å²) in [4.78, 5) is 23.1. The molecule has 1 aromatic heterocycles. The summed E-state index contributed by atoms with van der Waals surface area (Å²) in [5.74, 6) is 3.17. The summed E-state index contributed by atoms with van der Waals surface area (Å²) in [6, 6.07) is 0.339. The van der Waals surface area contributed by atoms with Gasteiger partial charge in [-0.2, -0.15) is 0 Å². The Bertz CT molecular complexity index is 713. The fourth-order valence-electron chi connectivity index (χ4n) is 6.15. The van der Waals surface area contributed by atoms with E-state index in [4.69, 9.17) is 27.9 Å². The van der Waals surface area contributed by atoms with Crippen molar-refractivity contribution in [1.82, 2.24) is 20.2 Å². The van der Waals surface area contributed by atoms with E-state index in [1.165, 1.54) is 38.4 Å². The van der Waals surface area contributed by atoms with E-state index in [2.05, 4.69) is 20.2 Å². The van der Waals surface area contributed by atoms with Crippen LogP contribution >= 0.6 is 23.2 Å². The molecule has 6 rings (SSSR count). The van der Waals surface area contributed by atoms with Gasteiger partial charge in [0.15, 0.2) is 0 Å². The lowest BCUT2D eigenvalue weighted by molar-refractivity contribution is -0.142. The average Bonchev–Trinajstić information content (AvgIpc) is 2.67. The summed E-state index contributed by atoms with van der Waals surface area (Å²) < 4.78 is 5.81. The molecule has 5 aliphatic rings. The number of carbonyl (C=O) groups excluding carboxylic acids is 1. The fourth-order valence-corrected chi connectivity index (χ4v) is 6.58. The first-order valence-electron chi connectivity index (χ1n) is 10.4. The molecule has 0 spiro atoms. The molecule has 8 heteroatoms. The third-order valence-corrected chi connectivity index (χ3v) is 7.85. The maximum absolute atomic E-state index is 13.0. The monoisotopic (exact) mass is 424 g/mol. The van der Waals surface area contributed by atoms with Gasteiger partial charge in [0.2, 0.25) is 0 Å². The van der Waals surface area contributed by atoms with Crippen LogP contribution in [0.4, 0.5) is 0 Å². The number of nitrogens with one attached hydrogen (secondary N) is 1. The maximum Gasteiger partial charge on any atom is 0.250 e. The second-order valence-electron chi connectivity index (χ2n) is 8.99. The lowest BCUT2D eigenvalue weighted by atomic mass is 9.54. The van der Waals surface area contributed by atoms with Crippen molar-refractivity contribution >= 4 is 29.1 Å². The van der Waals surface area contributed by atoms with Crippen LogP contribution in [0.1, 0.15) is 37.7 Å². The first kappa shape index (κ1) is 19.0. The van der Waals surface area contributed by atoms with Crippen LogP contribution < -0.4 is 5.32 Å². The first-order chi connectivity index (χ1) is 13.6. The highest BCUT2D eigenvalue weighted by Gasteiger charge is 2.49. The number of hydrogen-bond acceptors (Lipinski definition) is 5. The highest BCUT2D eigenvalue weighted by atomic mass is 35.5. The zero-order valence-corrected chi connectivity index (χ0v) is 17.3. The molecule has 152 valence electrons. The van der Waals surface area contributed by atoms with E-state index in [1.807, 2.05) is 0 Å². The molecule has 1 atom stereocenters. The summed E-state index contributed by atoms with van der Waals surface area (Å²) in [5.41, 5.74) is 0.702. The van der Waals surface area contributed by atoms with Gasteiger partial charge in [0.25, 0.3) is 5.91 Å². The van der Waals surface area contributed by atoms with Crippen molar-refractivity contribution in [2.45, 2.75) is 50.8 Å². The maximum atomic E-state index is 13.0. The van der Waals surface area contributed by atoms with E-state index in [0.29, 0.717) is 53.4 Å². The molecule has 4 bridgehead atoms. The lowest BCUT2D eigenvalue weighted by Crippen LogP contribution is -2.59. The largest absolute Gasteiger partial charge is 0.366 e. The molecule has 4 aliphatic carbocycles. The molecule has 0 radical (unpaired) electrons. The Balaban J connectivity index is 1.21. The smallest absolute Gasteiger partial charge is 0.250 e. The van der Waals surface area contributed by atoms with Crippen LogP contribution in [-0.2, 0) is 16.1 Å². The van der Waals surface area contributed by atoms with Crippen molar-refractivity contribution in [3.05, 3.63) is 22.2 Å². The molecule has 4 saturated carbocycles. The topological polar surface area (TPSA) is 67.4 Å². The van der Waals surface area contributed by atoms with Gasteiger partial charge >= 0.3 is 0 Å². The van der Waals surface area contributed by atoms with Crippen molar-refractivity contribution < 1.29 is 9.53 Å². The van der Waals surface area contributed by atoms with Crippen LogP contribution in [0.2, 0.25) is 10.3 Å². The van der Waals surface area contributed by atoms with Crippen LogP contribution in [0.5, 0.6) is 0 Å². The summed E-state index contributed by atoms with van der Waals surface area (Å²) >= 11 is 12.3. The third kappa shape index (κ3) is 3.64. The Hall–Kier alpha value is -0.950. The molecule has 1 aromatic rings. The van der Waals surface area contributed by atoms with Gasteiger partial charge in [0, 0.05) is 31.2 Å². The first-order valence-corrected chi connectivity index (χ1v) is 11.1. The SMILES string of the molecule is O=C(NC1C2CC3CC(C2)CC1C3)C1CN(Cc2c(Cl)ncnc2Cl)CCO1. The summed E-state index contributed by atoms with van der Waals surface area (Å²) in [6.45, 7) is 2.29. The van der Waals surface area contributed by atoms with Crippen molar-refractivity contribution in [2.75, 3.05) is 19.7 Å². The number of morpholine rings is 1. The number of halogens is 2. The van der Waals surface area contributed by atoms with Crippen LogP contribution in [-0.4, -0.2) is 52.6 Å². The number of carbonyl (C=O) groups is 1. The molecule has 5 fully saturated rings. The molecule has 1 saturated heterocycles. The molecule has 1 unspecified atom stereocenters. The van der Waals surface area contributed by atoms with E-state index in [1.54, 1.807) is 0 Å². The molecule has 2 heterocycles. The average molecular weight is 425 g/mol. The standard InChI is InChI=1S/C20H26Cl2N4O2/c21-18-15(19(22)24-10-23-18)8-26-1-2-28-16(9-26)20(27)25-17-13-4-11-3-12(6-13)7-14(17)5-11/h10-14,16-17H,1-9H2,(H,25,27). The minimum Gasteiger partial charge on any atom is -0.366 e. The van der Waals surface area contributed by atoms with E-state index in [-0.39, 0.29) is 5.91 Å². The normalized spacial score (nSPS) is 37.2. The van der Waals surface area contributed by atoms with Gasteiger partial charge in [-0.05, 0) is 55.8 Å². The van der Waals surface area contributed by atoms with Crippen LogP contribution in [0, 0.1) is 23.7 Å². The second-order valence-corrected chi connectivity index (χ2v) is 9.71. The zero-order valence-electron chi connectivity index (χ0n) is 15.8. The molecule has 1 amide bonds. The van der Waals surface area contributed by atoms with E-state index >= 15 is 0 Å².